The van der Waals surface area contributed by atoms with Crippen LogP contribution in [0.3, 0.4) is 0 Å². The fourth-order valence-electron chi connectivity index (χ4n) is 4.49. The van der Waals surface area contributed by atoms with Crippen LogP contribution in [-0.2, 0) is 11.3 Å². The van der Waals surface area contributed by atoms with E-state index in [1.54, 1.807) is 0 Å². The number of fused-ring (bicyclic) bond motifs is 2. The highest BCUT2D eigenvalue weighted by molar-refractivity contribution is 5.89. The summed E-state index contributed by atoms with van der Waals surface area (Å²) >= 11 is 0. The summed E-state index contributed by atoms with van der Waals surface area (Å²) in [7, 11) is 1.41. The van der Waals surface area contributed by atoms with E-state index in [1.807, 2.05) is 24.3 Å². The smallest absolute Gasteiger partial charge is 0.337 e. The minimum absolute atomic E-state index is 0.275. The standard InChI is InChI=1S/C19H27NO2/c1-19(2)16-9-8-15(17(19)10-16)12-20-11-13-4-6-14(7-5-13)18(21)22-3/h4-7,15-17,20H,8-12H2,1-3H3. The molecule has 0 aliphatic heterocycles. The number of carbonyl (C=O) groups excluding carboxylic acids is 1. The Hall–Kier alpha value is -1.35. The predicted octanol–water partition coefficient (Wildman–Crippen LogP) is 3.64. The van der Waals surface area contributed by atoms with Crippen LogP contribution >= 0.6 is 0 Å². The fourth-order valence-corrected chi connectivity index (χ4v) is 4.49. The topological polar surface area (TPSA) is 38.3 Å². The number of esters is 1. The van der Waals surface area contributed by atoms with Crippen LogP contribution in [0.15, 0.2) is 24.3 Å². The van der Waals surface area contributed by atoms with Gasteiger partial charge in [-0.1, -0.05) is 26.0 Å². The van der Waals surface area contributed by atoms with E-state index in [9.17, 15) is 4.79 Å². The Balaban J connectivity index is 1.48. The van der Waals surface area contributed by atoms with Crippen molar-refractivity contribution in [1.29, 1.82) is 0 Å². The Morgan fingerprint density at radius 3 is 2.59 bits per heavy atom. The average molecular weight is 301 g/mol. The van der Waals surface area contributed by atoms with Crippen molar-refractivity contribution in [2.75, 3.05) is 13.7 Å². The predicted molar refractivity (Wildman–Crippen MR) is 87.6 cm³/mol. The summed E-state index contributed by atoms with van der Waals surface area (Å²) in [5.74, 6) is 2.43. The molecule has 0 saturated heterocycles. The molecular weight excluding hydrogens is 274 g/mol. The molecule has 3 aliphatic rings. The zero-order valence-corrected chi connectivity index (χ0v) is 13.9. The first-order valence-corrected chi connectivity index (χ1v) is 8.40. The van der Waals surface area contributed by atoms with Gasteiger partial charge in [-0.25, -0.2) is 4.79 Å². The number of benzene rings is 1. The van der Waals surface area contributed by atoms with E-state index in [1.165, 1.54) is 31.9 Å². The van der Waals surface area contributed by atoms with Crippen LogP contribution in [0.2, 0.25) is 0 Å². The molecule has 3 aliphatic carbocycles. The Labute approximate surface area is 133 Å². The monoisotopic (exact) mass is 301 g/mol. The van der Waals surface area contributed by atoms with Gasteiger partial charge in [-0.15, -0.1) is 0 Å². The largest absolute Gasteiger partial charge is 0.465 e. The maximum Gasteiger partial charge on any atom is 0.337 e. The molecule has 3 nitrogen and oxygen atoms in total. The van der Waals surface area contributed by atoms with Gasteiger partial charge < -0.3 is 10.1 Å². The first-order chi connectivity index (χ1) is 10.5. The summed E-state index contributed by atoms with van der Waals surface area (Å²) in [4.78, 5) is 11.4. The zero-order valence-electron chi connectivity index (χ0n) is 13.9. The van der Waals surface area contributed by atoms with Crippen molar-refractivity contribution in [2.45, 2.75) is 39.7 Å². The molecule has 1 N–H and O–H groups in total. The van der Waals surface area contributed by atoms with Crippen molar-refractivity contribution in [3.05, 3.63) is 35.4 Å². The normalized spacial score (nSPS) is 28.8. The Kier molecular flexibility index (Phi) is 4.26. The summed E-state index contributed by atoms with van der Waals surface area (Å²) in [6.07, 6.45) is 4.23. The number of methoxy groups -OCH3 is 1. The second-order valence-electron chi connectivity index (χ2n) is 7.52. The molecule has 3 fully saturated rings. The second-order valence-corrected chi connectivity index (χ2v) is 7.52. The van der Waals surface area contributed by atoms with Crippen molar-refractivity contribution < 1.29 is 9.53 Å². The molecule has 3 unspecified atom stereocenters. The van der Waals surface area contributed by atoms with Gasteiger partial charge in [0.25, 0.3) is 0 Å². The van der Waals surface area contributed by atoms with Gasteiger partial charge in [-0.2, -0.15) is 0 Å². The molecule has 0 spiro atoms. The lowest BCUT2D eigenvalue weighted by molar-refractivity contribution is -0.103. The van der Waals surface area contributed by atoms with Gasteiger partial charge in [-0.05, 0) is 66.7 Å². The SMILES string of the molecule is COC(=O)c1ccc(CNCC2CCC3CC2C3(C)C)cc1. The fraction of sp³-hybridized carbons (Fsp3) is 0.632. The Morgan fingerprint density at radius 1 is 1.27 bits per heavy atom. The summed E-state index contributed by atoms with van der Waals surface area (Å²) in [6, 6.07) is 7.68. The molecule has 0 amide bonds. The third-order valence-electron chi connectivity index (χ3n) is 6.11. The van der Waals surface area contributed by atoms with Gasteiger partial charge in [0.2, 0.25) is 0 Å². The minimum atomic E-state index is -0.275. The summed E-state index contributed by atoms with van der Waals surface area (Å²) in [6.45, 7) is 6.88. The number of rotatable bonds is 5. The summed E-state index contributed by atoms with van der Waals surface area (Å²) < 4.78 is 4.72. The second kappa shape index (κ2) is 6.04. The highest BCUT2D eigenvalue weighted by Crippen LogP contribution is 2.61. The molecule has 0 heterocycles. The molecule has 3 atom stereocenters. The van der Waals surface area contributed by atoms with Crippen molar-refractivity contribution in [3.8, 4) is 0 Å². The Morgan fingerprint density at radius 2 is 2.00 bits per heavy atom. The molecule has 3 saturated carbocycles. The number of nitrogens with one attached hydrogen (secondary N) is 1. The highest BCUT2D eigenvalue weighted by atomic mass is 16.5. The van der Waals surface area contributed by atoms with Gasteiger partial charge in [0.15, 0.2) is 0 Å². The van der Waals surface area contributed by atoms with Crippen molar-refractivity contribution in [3.63, 3.8) is 0 Å². The molecule has 4 rings (SSSR count). The van der Waals surface area contributed by atoms with Gasteiger partial charge in [0.1, 0.15) is 0 Å². The first-order valence-electron chi connectivity index (χ1n) is 8.40. The van der Waals surface area contributed by atoms with E-state index in [-0.39, 0.29) is 5.97 Å². The summed E-state index contributed by atoms with van der Waals surface area (Å²) in [5.41, 5.74) is 2.39. The van der Waals surface area contributed by atoms with Crippen LogP contribution in [0, 0.1) is 23.2 Å². The lowest BCUT2D eigenvalue weighted by atomic mass is 9.45. The summed E-state index contributed by atoms with van der Waals surface area (Å²) in [5, 5.41) is 3.61. The third kappa shape index (κ3) is 2.79. The molecule has 120 valence electrons. The van der Waals surface area contributed by atoms with E-state index in [0.29, 0.717) is 11.0 Å². The molecule has 0 aromatic heterocycles. The first kappa shape index (κ1) is 15.5. The Bertz CT molecular complexity index is 533. The number of ether oxygens (including phenoxy) is 1. The average Bonchev–Trinajstić information content (AvgIpc) is 2.54. The molecule has 0 radical (unpaired) electrons. The van der Waals surface area contributed by atoms with E-state index >= 15 is 0 Å². The van der Waals surface area contributed by atoms with Crippen molar-refractivity contribution >= 4 is 5.97 Å². The van der Waals surface area contributed by atoms with Crippen molar-refractivity contribution in [1.82, 2.24) is 5.32 Å². The van der Waals surface area contributed by atoms with Gasteiger partial charge in [-0.3, -0.25) is 0 Å². The van der Waals surface area contributed by atoms with E-state index < -0.39 is 0 Å². The minimum Gasteiger partial charge on any atom is -0.465 e. The van der Waals surface area contributed by atoms with Crippen LogP contribution in [0.25, 0.3) is 0 Å². The van der Waals surface area contributed by atoms with E-state index in [2.05, 4.69) is 19.2 Å². The van der Waals surface area contributed by atoms with Gasteiger partial charge in [0, 0.05) is 6.54 Å². The number of hydrogen-bond donors (Lipinski definition) is 1. The molecule has 3 heteroatoms. The lowest BCUT2D eigenvalue weighted by Crippen LogP contribution is -2.54. The molecule has 1 aromatic rings. The van der Waals surface area contributed by atoms with Crippen LogP contribution in [0.1, 0.15) is 49.0 Å². The van der Waals surface area contributed by atoms with Crippen LogP contribution < -0.4 is 5.32 Å². The van der Waals surface area contributed by atoms with Gasteiger partial charge in [0.05, 0.1) is 12.7 Å². The molecule has 22 heavy (non-hydrogen) atoms. The van der Waals surface area contributed by atoms with Crippen molar-refractivity contribution in [2.24, 2.45) is 23.2 Å². The van der Waals surface area contributed by atoms with Gasteiger partial charge >= 0.3 is 5.97 Å². The van der Waals surface area contributed by atoms with Crippen LogP contribution in [0.4, 0.5) is 0 Å². The van der Waals surface area contributed by atoms with E-state index in [4.69, 9.17) is 4.74 Å². The molecular formula is C19H27NO2. The quantitative estimate of drug-likeness (QED) is 0.844. The third-order valence-corrected chi connectivity index (χ3v) is 6.11. The zero-order chi connectivity index (χ0) is 15.7. The molecule has 1 aromatic carbocycles. The number of carbonyl (C=O) groups is 1. The maximum atomic E-state index is 11.4. The highest BCUT2D eigenvalue weighted by Gasteiger charge is 2.53. The van der Waals surface area contributed by atoms with Crippen LogP contribution in [0.5, 0.6) is 0 Å². The van der Waals surface area contributed by atoms with Crippen LogP contribution in [-0.4, -0.2) is 19.6 Å². The number of hydrogen-bond acceptors (Lipinski definition) is 3. The van der Waals surface area contributed by atoms with E-state index in [0.717, 1.165) is 30.8 Å². The lowest BCUT2D eigenvalue weighted by Gasteiger charge is -2.60. The maximum absolute atomic E-state index is 11.4. The molecule has 2 bridgehead atoms.